The molecule has 20 nitrogen and oxygen atoms in total. The molecule has 11 unspecified atom stereocenters. The van der Waals surface area contributed by atoms with E-state index in [2.05, 4.69) is 27.7 Å². The second-order valence-electron chi connectivity index (χ2n) is 9.45. The Bertz CT molecular complexity index is 1180. The van der Waals surface area contributed by atoms with E-state index in [4.69, 9.17) is 39.3 Å². The van der Waals surface area contributed by atoms with E-state index in [1.807, 2.05) is 0 Å². The highest BCUT2D eigenvalue weighted by molar-refractivity contribution is 7.78. The van der Waals surface area contributed by atoms with Gasteiger partial charge in [0, 0.05) is 19.5 Å². The van der Waals surface area contributed by atoms with Gasteiger partial charge in [-0.3, -0.25) is 23.1 Å². The first-order valence-corrected chi connectivity index (χ1v) is 14.0. The third-order valence-corrected chi connectivity index (χ3v) is 7.49. The van der Waals surface area contributed by atoms with E-state index in [1.165, 1.54) is 12.3 Å². The van der Waals surface area contributed by atoms with Crippen LogP contribution in [0.2, 0.25) is 0 Å². The predicted molar refractivity (Wildman–Crippen MR) is 141 cm³/mol. The van der Waals surface area contributed by atoms with Crippen molar-refractivity contribution in [1.29, 1.82) is 0 Å². The van der Waals surface area contributed by atoms with Crippen LogP contribution in [0.25, 0.3) is 0 Å². The highest BCUT2D eigenvalue weighted by atomic mass is 32.1. The van der Waals surface area contributed by atoms with Crippen LogP contribution in [-0.2, 0) is 27.9 Å². The van der Waals surface area contributed by atoms with Crippen molar-refractivity contribution in [2.75, 3.05) is 18.9 Å². The molecule has 3 heterocycles. The largest absolute Gasteiger partial charge is 0.481 e. The molecule has 10 N–H and O–H groups in total. The number of nitroso groups, excluding NO2 is 1. The number of nitrogens with zero attached hydrogens (tertiary/aromatic N) is 3. The van der Waals surface area contributed by atoms with Crippen molar-refractivity contribution < 1.29 is 63.4 Å². The lowest BCUT2D eigenvalue weighted by molar-refractivity contribution is -0.284. The van der Waals surface area contributed by atoms with Crippen molar-refractivity contribution >= 4 is 32.4 Å². The minimum Gasteiger partial charge on any atom is -0.481 e. The van der Waals surface area contributed by atoms with Crippen LogP contribution in [0.4, 0.5) is 5.82 Å². The molecule has 0 radical (unpaired) electrons. The number of nitrogens with one attached hydrogen (secondary N) is 1. The monoisotopic (exact) mass is 647 g/mol. The first-order valence-electron chi connectivity index (χ1n) is 12.1. The first-order chi connectivity index (χ1) is 19.5. The van der Waals surface area contributed by atoms with E-state index in [1.54, 1.807) is 0 Å². The molecule has 3 rings (SSSR count). The molecule has 2 fully saturated rings. The van der Waals surface area contributed by atoms with Gasteiger partial charge in [0.2, 0.25) is 0 Å². The molecule has 2 aliphatic rings. The molecule has 0 aliphatic carbocycles. The number of nitrogen functional groups attached to an aromatic ring is 1. The Morgan fingerprint density at radius 3 is 2.57 bits per heavy atom. The zero-order chi connectivity index (χ0) is 32.0. The Balaban J connectivity index is 0.00000144. The summed E-state index contributed by atoms with van der Waals surface area (Å²) in [5, 5.41) is 60.4. The number of aliphatic carboxylic acids is 1. The molecule has 0 spiro atoms. The van der Waals surface area contributed by atoms with Gasteiger partial charge in [-0.05, 0) is 13.0 Å². The maximum Gasteiger partial charge on any atom is 0.474 e. The second-order valence-corrected chi connectivity index (χ2v) is 11.1. The quantitative estimate of drug-likeness (QED) is 0.0643. The van der Waals surface area contributed by atoms with Crippen LogP contribution in [0.3, 0.4) is 0 Å². The van der Waals surface area contributed by atoms with Crippen molar-refractivity contribution in [3.63, 3.8) is 0 Å². The van der Waals surface area contributed by atoms with E-state index in [-0.39, 0.29) is 5.82 Å². The third kappa shape index (κ3) is 9.19. The number of carbonyl (C=O) groups is 1. The fraction of sp³-hybridized carbons (Fsp3) is 0.750. The summed E-state index contributed by atoms with van der Waals surface area (Å²) in [5.74, 6) is -2.99. The van der Waals surface area contributed by atoms with Gasteiger partial charge in [-0.25, -0.2) is 9.36 Å². The van der Waals surface area contributed by atoms with Gasteiger partial charge < -0.3 is 50.7 Å². The number of nitrogens with two attached hydrogens (primary N) is 1. The molecule has 22 heteroatoms. The van der Waals surface area contributed by atoms with Crippen molar-refractivity contribution in [2.24, 2.45) is 5.18 Å². The third-order valence-electron chi connectivity index (χ3n) is 6.10. The number of hydrogen-bond donors (Lipinski definition) is 10. The average molecular weight is 648 g/mol. The number of ether oxygens (including phenoxy) is 2. The number of hydrogen-bond acceptors (Lipinski definition) is 18. The van der Waals surface area contributed by atoms with Crippen molar-refractivity contribution in [2.45, 2.75) is 81.0 Å². The Labute approximate surface area is 243 Å². The lowest BCUT2D eigenvalue weighted by Gasteiger charge is -2.46. The zero-order valence-corrected chi connectivity index (χ0v) is 24.0. The average Bonchev–Trinajstić information content (AvgIpc) is 3.20. The summed E-state index contributed by atoms with van der Waals surface area (Å²) in [4.78, 5) is 46.3. The lowest BCUT2D eigenvalue weighted by atomic mass is 9.90. The predicted octanol–water partition coefficient (Wildman–Crippen LogP) is -3.17. The van der Waals surface area contributed by atoms with Gasteiger partial charge in [0.25, 0.3) is 5.97 Å². The number of rotatable bonds is 11. The first kappa shape index (κ1) is 36.1. The summed E-state index contributed by atoms with van der Waals surface area (Å²) >= 11 is 3.86. The van der Waals surface area contributed by atoms with Crippen LogP contribution in [0, 0.1) is 4.91 Å². The van der Waals surface area contributed by atoms with Gasteiger partial charge in [-0.2, -0.15) is 9.89 Å². The van der Waals surface area contributed by atoms with Crippen LogP contribution in [-0.4, -0.2) is 119 Å². The Morgan fingerprint density at radius 1 is 1.43 bits per heavy atom. The number of anilines is 1. The van der Waals surface area contributed by atoms with E-state index in [0.29, 0.717) is 0 Å². The van der Waals surface area contributed by atoms with Crippen LogP contribution in [0.1, 0.15) is 26.5 Å². The number of aromatic nitrogens is 2. The van der Waals surface area contributed by atoms with Gasteiger partial charge in [-0.1, -0.05) is 18.0 Å². The minimum absolute atomic E-state index is 0.0947. The molecule has 11 atom stereocenters. The molecule has 240 valence electrons. The van der Waals surface area contributed by atoms with Gasteiger partial charge in [0.1, 0.15) is 36.3 Å². The molecule has 0 saturated carbocycles. The summed E-state index contributed by atoms with van der Waals surface area (Å²) in [5.41, 5.74) is 4.54. The molecule has 0 aromatic carbocycles. The van der Waals surface area contributed by atoms with Gasteiger partial charge in [0.15, 0.2) is 18.1 Å². The second kappa shape index (κ2) is 15.1. The SMILES string of the molecule is CC(=O)O.CC1(OP(=O)(O)OCC2OC(n3ccc(N)nc3=O)C(O)C2N=O)CC(O)C(NS)C(C(O)C(O)CO)O1. The highest BCUT2D eigenvalue weighted by Crippen LogP contribution is 2.51. The number of aliphatic hydroxyl groups excluding tert-OH is 5. The Morgan fingerprint density at radius 2 is 2.05 bits per heavy atom. The maximum absolute atomic E-state index is 12.7. The van der Waals surface area contributed by atoms with Crippen LogP contribution in [0.15, 0.2) is 22.2 Å². The summed E-state index contributed by atoms with van der Waals surface area (Å²) < 4.78 is 37.1. The van der Waals surface area contributed by atoms with Crippen LogP contribution < -0.4 is 16.1 Å². The molecule has 42 heavy (non-hydrogen) atoms. The minimum atomic E-state index is -5.06. The van der Waals surface area contributed by atoms with Crippen molar-refractivity contribution in [3.05, 3.63) is 27.7 Å². The molecular weight excluding hydrogens is 613 g/mol. The number of carboxylic acids is 1. The van der Waals surface area contributed by atoms with Crippen LogP contribution in [0.5, 0.6) is 0 Å². The molecule has 1 aromatic rings. The smallest absolute Gasteiger partial charge is 0.474 e. The summed E-state index contributed by atoms with van der Waals surface area (Å²) in [6, 6.07) is -1.35. The molecule has 1 aromatic heterocycles. The normalized spacial score (nSPS) is 34.0. The maximum atomic E-state index is 12.7. The number of carboxylic acid groups (broad SMARTS) is 1. The zero-order valence-electron chi connectivity index (χ0n) is 22.2. The van der Waals surface area contributed by atoms with Gasteiger partial charge >= 0.3 is 13.5 Å². The lowest BCUT2D eigenvalue weighted by Crippen LogP contribution is -2.63. The topological polar surface area (TPSA) is 315 Å². The standard InChI is InChI=1S/C18H30N5O13PS.C2H4O2/c1-18(4-7(25)11(22-38)15(35-18)13(27)8(26)5-24)36-37(31,32)33-6-9-12(21-30)14(28)16(34-9)23-3-2-10(19)20-17(23)29;1-2(3)4/h2-3,7-9,11-16,22,24-28,38H,4-6H2,1H3,(H,31,32)(H2,19,20,29);1H3,(H,3,4). The van der Waals surface area contributed by atoms with E-state index < -0.39 is 99.8 Å². The van der Waals surface area contributed by atoms with E-state index in [9.17, 15) is 39.6 Å². The van der Waals surface area contributed by atoms with Crippen LogP contribution >= 0.6 is 20.6 Å². The molecular formula is C20H34N5O15PS. The Hall–Kier alpha value is -2.11. The fourth-order valence-electron chi connectivity index (χ4n) is 4.25. The number of phosphoric acid groups is 1. The fourth-order valence-corrected chi connectivity index (χ4v) is 5.56. The summed E-state index contributed by atoms with van der Waals surface area (Å²) in [6.45, 7) is 0.572. The molecule has 0 bridgehead atoms. The van der Waals surface area contributed by atoms with Crippen molar-refractivity contribution in [1.82, 2.24) is 14.3 Å². The number of phosphoric ester groups is 1. The van der Waals surface area contributed by atoms with Gasteiger partial charge in [-0.15, -0.1) is 0 Å². The Kier molecular flexibility index (Phi) is 12.9. The molecule has 2 saturated heterocycles. The highest BCUT2D eigenvalue weighted by Gasteiger charge is 2.52. The number of aliphatic hydroxyl groups is 5. The molecule has 2 aliphatic heterocycles. The van der Waals surface area contributed by atoms with Gasteiger partial charge in [0.05, 0.1) is 25.4 Å². The van der Waals surface area contributed by atoms with Crippen molar-refractivity contribution in [3.8, 4) is 0 Å². The van der Waals surface area contributed by atoms with E-state index in [0.717, 1.165) is 18.4 Å². The summed E-state index contributed by atoms with van der Waals surface area (Å²) in [7, 11) is -5.06. The molecule has 0 amide bonds. The number of thiol groups is 1. The summed E-state index contributed by atoms with van der Waals surface area (Å²) in [6.07, 6.45) is -10.0. The van der Waals surface area contributed by atoms with E-state index >= 15 is 0 Å².